The molecular formula is C13H15N3. The van der Waals surface area contributed by atoms with E-state index in [1.807, 2.05) is 6.92 Å². The van der Waals surface area contributed by atoms with Crippen LogP contribution in [0.15, 0.2) is 24.5 Å². The summed E-state index contributed by atoms with van der Waals surface area (Å²) in [7, 11) is 0. The maximum absolute atomic E-state index is 6.01. The molecule has 82 valence electrons. The highest BCUT2D eigenvalue weighted by atomic mass is 14.9. The van der Waals surface area contributed by atoms with Gasteiger partial charge in [0, 0.05) is 5.56 Å². The highest BCUT2D eigenvalue weighted by Crippen LogP contribution is 2.28. The van der Waals surface area contributed by atoms with Gasteiger partial charge in [-0.15, -0.1) is 0 Å². The molecule has 0 fully saturated rings. The molecule has 0 bridgehead atoms. The van der Waals surface area contributed by atoms with Gasteiger partial charge < -0.3 is 5.73 Å². The maximum Gasteiger partial charge on any atom is 0.116 e. The number of nitrogens with two attached hydrogens (primary N) is 1. The Balaban J connectivity index is 2.67. The summed E-state index contributed by atoms with van der Waals surface area (Å²) in [5.74, 6) is 0. The summed E-state index contributed by atoms with van der Waals surface area (Å²) < 4.78 is 0. The van der Waals surface area contributed by atoms with Crippen LogP contribution < -0.4 is 5.73 Å². The topological polar surface area (TPSA) is 51.8 Å². The molecule has 0 spiro atoms. The number of nitrogen functional groups attached to an aromatic ring is 1. The van der Waals surface area contributed by atoms with Gasteiger partial charge >= 0.3 is 0 Å². The minimum atomic E-state index is 0.663. The molecule has 0 atom stereocenters. The van der Waals surface area contributed by atoms with E-state index < -0.39 is 0 Å². The Kier molecular flexibility index (Phi) is 2.60. The molecule has 0 saturated carbocycles. The molecule has 2 N–H and O–H groups in total. The molecule has 1 aromatic carbocycles. The SMILES string of the molecule is Cc1ccc(C)c(-c2ncnc(C)c2N)c1. The van der Waals surface area contributed by atoms with Crippen LogP contribution in [0.4, 0.5) is 5.69 Å². The number of rotatable bonds is 1. The number of anilines is 1. The van der Waals surface area contributed by atoms with Gasteiger partial charge in [0.05, 0.1) is 17.1 Å². The van der Waals surface area contributed by atoms with Crippen molar-refractivity contribution in [2.45, 2.75) is 20.8 Å². The van der Waals surface area contributed by atoms with E-state index >= 15 is 0 Å². The highest BCUT2D eigenvalue weighted by molar-refractivity contribution is 5.76. The molecule has 0 aliphatic rings. The summed E-state index contributed by atoms with van der Waals surface area (Å²) in [6.45, 7) is 6.02. The third-order valence-corrected chi connectivity index (χ3v) is 2.73. The first-order chi connectivity index (χ1) is 7.59. The van der Waals surface area contributed by atoms with Crippen molar-refractivity contribution in [1.82, 2.24) is 9.97 Å². The molecule has 2 rings (SSSR count). The lowest BCUT2D eigenvalue weighted by Crippen LogP contribution is -2.00. The third-order valence-electron chi connectivity index (χ3n) is 2.73. The number of hydrogen-bond acceptors (Lipinski definition) is 3. The molecule has 0 unspecified atom stereocenters. The lowest BCUT2D eigenvalue weighted by Gasteiger charge is -2.10. The lowest BCUT2D eigenvalue weighted by atomic mass is 10.0. The van der Waals surface area contributed by atoms with Gasteiger partial charge in [0.1, 0.15) is 6.33 Å². The van der Waals surface area contributed by atoms with Gasteiger partial charge in [0.2, 0.25) is 0 Å². The highest BCUT2D eigenvalue weighted by Gasteiger charge is 2.09. The van der Waals surface area contributed by atoms with Crippen molar-refractivity contribution in [3.05, 3.63) is 41.3 Å². The van der Waals surface area contributed by atoms with Crippen LogP contribution in [-0.2, 0) is 0 Å². The molecule has 0 radical (unpaired) electrons. The molecule has 3 heteroatoms. The Morgan fingerprint density at radius 3 is 2.56 bits per heavy atom. The zero-order valence-corrected chi connectivity index (χ0v) is 9.78. The van der Waals surface area contributed by atoms with Crippen LogP contribution in [0.3, 0.4) is 0 Å². The second kappa shape index (κ2) is 3.93. The maximum atomic E-state index is 6.01. The van der Waals surface area contributed by atoms with Crippen molar-refractivity contribution in [3.8, 4) is 11.3 Å². The summed E-state index contributed by atoms with van der Waals surface area (Å²) >= 11 is 0. The van der Waals surface area contributed by atoms with Gasteiger partial charge in [0.25, 0.3) is 0 Å². The lowest BCUT2D eigenvalue weighted by molar-refractivity contribution is 1.11. The fourth-order valence-electron chi connectivity index (χ4n) is 1.69. The Morgan fingerprint density at radius 2 is 1.81 bits per heavy atom. The number of benzene rings is 1. The van der Waals surface area contributed by atoms with Crippen molar-refractivity contribution in [1.29, 1.82) is 0 Å². The summed E-state index contributed by atoms with van der Waals surface area (Å²) in [6.07, 6.45) is 1.56. The Hall–Kier alpha value is -1.90. The number of hydrogen-bond donors (Lipinski definition) is 1. The monoisotopic (exact) mass is 213 g/mol. The summed E-state index contributed by atoms with van der Waals surface area (Å²) in [6, 6.07) is 6.28. The van der Waals surface area contributed by atoms with Crippen LogP contribution in [0.1, 0.15) is 16.8 Å². The quantitative estimate of drug-likeness (QED) is 0.792. The Morgan fingerprint density at radius 1 is 1.06 bits per heavy atom. The van der Waals surface area contributed by atoms with Crippen molar-refractivity contribution in [3.63, 3.8) is 0 Å². The van der Waals surface area contributed by atoms with E-state index in [-0.39, 0.29) is 0 Å². The van der Waals surface area contributed by atoms with Gasteiger partial charge in [0.15, 0.2) is 0 Å². The zero-order valence-electron chi connectivity index (χ0n) is 9.78. The third kappa shape index (κ3) is 1.76. The average molecular weight is 213 g/mol. The molecule has 0 saturated heterocycles. The molecule has 16 heavy (non-hydrogen) atoms. The van der Waals surface area contributed by atoms with Crippen molar-refractivity contribution in [2.75, 3.05) is 5.73 Å². The van der Waals surface area contributed by atoms with E-state index in [1.54, 1.807) is 6.33 Å². The molecule has 3 nitrogen and oxygen atoms in total. The molecule has 1 aromatic heterocycles. The van der Waals surface area contributed by atoms with E-state index in [0.29, 0.717) is 5.69 Å². The second-order valence-corrected chi connectivity index (χ2v) is 4.04. The molecular weight excluding hydrogens is 198 g/mol. The van der Waals surface area contributed by atoms with Gasteiger partial charge in [-0.1, -0.05) is 17.7 Å². The summed E-state index contributed by atoms with van der Waals surface area (Å²) in [4.78, 5) is 8.36. The molecule has 2 aromatic rings. The fraction of sp³-hybridized carbons (Fsp3) is 0.231. The molecule has 1 heterocycles. The largest absolute Gasteiger partial charge is 0.395 e. The standard InChI is InChI=1S/C13H15N3/c1-8-4-5-9(2)11(6-8)13-12(14)10(3)15-7-16-13/h4-7H,14H2,1-3H3. The second-order valence-electron chi connectivity index (χ2n) is 4.04. The summed E-state index contributed by atoms with van der Waals surface area (Å²) in [5, 5.41) is 0. The van der Waals surface area contributed by atoms with Crippen LogP contribution in [0.2, 0.25) is 0 Å². The van der Waals surface area contributed by atoms with Crippen LogP contribution in [0, 0.1) is 20.8 Å². The van der Waals surface area contributed by atoms with E-state index in [0.717, 1.165) is 17.0 Å². The first-order valence-electron chi connectivity index (χ1n) is 5.24. The number of nitrogens with zero attached hydrogens (tertiary/aromatic N) is 2. The van der Waals surface area contributed by atoms with E-state index in [4.69, 9.17) is 5.73 Å². The zero-order chi connectivity index (χ0) is 11.7. The minimum absolute atomic E-state index is 0.663. The first-order valence-corrected chi connectivity index (χ1v) is 5.24. The van der Waals surface area contributed by atoms with E-state index in [2.05, 4.69) is 42.0 Å². The Labute approximate surface area is 95.4 Å². The van der Waals surface area contributed by atoms with Crippen molar-refractivity contribution in [2.24, 2.45) is 0 Å². The summed E-state index contributed by atoms with van der Waals surface area (Å²) in [5.41, 5.74) is 11.8. The van der Waals surface area contributed by atoms with Gasteiger partial charge in [-0.25, -0.2) is 9.97 Å². The van der Waals surface area contributed by atoms with Gasteiger partial charge in [-0.2, -0.15) is 0 Å². The molecule has 0 aliphatic carbocycles. The number of aromatic nitrogens is 2. The normalized spacial score (nSPS) is 10.4. The van der Waals surface area contributed by atoms with Crippen molar-refractivity contribution >= 4 is 5.69 Å². The molecule has 0 aliphatic heterocycles. The Bertz CT molecular complexity index is 533. The van der Waals surface area contributed by atoms with Crippen LogP contribution in [-0.4, -0.2) is 9.97 Å². The molecule has 0 amide bonds. The smallest absolute Gasteiger partial charge is 0.116 e. The number of aryl methyl sites for hydroxylation is 3. The van der Waals surface area contributed by atoms with E-state index in [1.165, 1.54) is 11.1 Å². The van der Waals surface area contributed by atoms with Crippen LogP contribution in [0.25, 0.3) is 11.3 Å². The predicted octanol–water partition coefficient (Wildman–Crippen LogP) is 2.65. The first kappa shape index (κ1) is 10.6. The van der Waals surface area contributed by atoms with Gasteiger partial charge in [-0.05, 0) is 32.4 Å². The predicted molar refractivity (Wildman–Crippen MR) is 66.1 cm³/mol. The van der Waals surface area contributed by atoms with E-state index in [9.17, 15) is 0 Å². The minimum Gasteiger partial charge on any atom is -0.395 e. The van der Waals surface area contributed by atoms with Gasteiger partial charge in [-0.3, -0.25) is 0 Å². The van der Waals surface area contributed by atoms with Crippen molar-refractivity contribution < 1.29 is 0 Å². The van der Waals surface area contributed by atoms with Crippen LogP contribution in [0.5, 0.6) is 0 Å². The van der Waals surface area contributed by atoms with Crippen LogP contribution >= 0.6 is 0 Å². The average Bonchev–Trinajstić information content (AvgIpc) is 2.26. The fourth-order valence-corrected chi connectivity index (χ4v) is 1.69.